The van der Waals surface area contributed by atoms with Gasteiger partial charge in [-0.2, -0.15) is 0 Å². The second-order valence-corrected chi connectivity index (χ2v) is 3.76. The average Bonchev–Trinajstić information content (AvgIpc) is 2.18. The van der Waals surface area contributed by atoms with E-state index in [0.29, 0.717) is 6.04 Å². The van der Waals surface area contributed by atoms with Crippen LogP contribution in [0.3, 0.4) is 0 Å². The molecular weight excluding hydrogens is 174 g/mol. The van der Waals surface area contributed by atoms with E-state index < -0.39 is 0 Å². The van der Waals surface area contributed by atoms with E-state index in [1.165, 1.54) is 5.56 Å². The predicted octanol–water partition coefficient (Wildman–Crippen LogP) is 1.29. The molecule has 0 radical (unpaired) electrons. The van der Waals surface area contributed by atoms with Crippen LogP contribution in [0.25, 0.3) is 0 Å². The molecule has 14 heavy (non-hydrogen) atoms. The number of aromatic nitrogens is 1. The highest BCUT2D eigenvalue weighted by molar-refractivity contribution is 5.13. The molecule has 1 unspecified atom stereocenters. The summed E-state index contributed by atoms with van der Waals surface area (Å²) in [6.45, 7) is 4.25. The standard InChI is InChI=1S/C11H19N3/c1-10(13-8-9-14(2)3)11-4-6-12-7-5-11/h4-7,10,13H,8-9H2,1-3H3. The molecule has 0 spiro atoms. The number of pyridine rings is 1. The molecule has 0 bridgehead atoms. The Morgan fingerprint density at radius 1 is 1.36 bits per heavy atom. The Bertz CT molecular complexity index is 246. The average molecular weight is 193 g/mol. The molecule has 0 aliphatic carbocycles. The van der Waals surface area contributed by atoms with Crippen LogP contribution in [0, 0.1) is 0 Å². The monoisotopic (exact) mass is 193 g/mol. The Balaban J connectivity index is 2.32. The van der Waals surface area contributed by atoms with Gasteiger partial charge >= 0.3 is 0 Å². The van der Waals surface area contributed by atoms with Gasteiger partial charge in [-0.05, 0) is 38.7 Å². The smallest absolute Gasteiger partial charge is 0.0293 e. The maximum absolute atomic E-state index is 4.00. The number of rotatable bonds is 5. The van der Waals surface area contributed by atoms with Crippen molar-refractivity contribution in [3.05, 3.63) is 30.1 Å². The molecule has 1 heterocycles. The zero-order valence-electron chi connectivity index (χ0n) is 9.20. The summed E-state index contributed by atoms with van der Waals surface area (Å²) in [6.07, 6.45) is 3.67. The molecule has 1 atom stereocenters. The summed E-state index contributed by atoms with van der Waals surface area (Å²) in [7, 11) is 4.16. The van der Waals surface area contributed by atoms with Gasteiger partial charge in [-0.25, -0.2) is 0 Å². The summed E-state index contributed by atoms with van der Waals surface area (Å²) in [5.74, 6) is 0. The Morgan fingerprint density at radius 2 is 2.00 bits per heavy atom. The van der Waals surface area contributed by atoms with Crippen molar-refractivity contribution in [2.45, 2.75) is 13.0 Å². The van der Waals surface area contributed by atoms with Crippen LogP contribution in [0.2, 0.25) is 0 Å². The molecule has 3 nitrogen and oxygen atoms in total. The quantitative estimate of drug-likeness (QED) is 0.764. The van der Waals surface area contributed by atoms with Crippen LogP contribution in [0.1, 0.15) is 18.5 Å². The molecule has 78 valence electrons. The predicted molar refractivity (Wildman–Crippen MR) is 59.2 cm³/mol. The molecule has 1 N–H and O–H groups in total. The van der Waals surface area contributed by atoms with Crippen LogP contribution >= 0.6 is 0 Å². The lowest BCUT2D eigenvalue weighted by molar-refractivity contribution is 0.389. The first-order valence-electron chi connectivity index (χ1n) is 4.98. The molecule has 0 aliphatic rings. The summed E-state index contributed by atoms with van der Waals surface area (Å²) in [6, 6.07) is 4.50. The van der Waals surface area contributed by atoms with Gasteiger partial charge in [0.1, 0.15) is 0 Å². The largest absolute Gasteiger partial charge is 0.309 e. The molecule has 0 fully saturated rings. The first-order chi connectivity index (χ1) is 6.70. The minimum Gasteiger partial charge on any atom is -0.309 e. The number of hydrogen-bond acceptors (Lipinski definition) is 3. The van der Waals surface area contributed by atoms with E-state index in [4.69, 9.17) is 0 Å². The number of hydrogen-bond donors (Lipinski definition) is 1. The Labute approximate surface area is 86.2 Å². The van der Waals surface area contributed by atoms with E-state index in [2.05, 4.69) is 36.2 Å². The summed E-state index contributed by atoms with van der Waals surface area (Å²) in [5.41, 5.74) is 1.29. The highest BCUT2D eigenvalue weighted by Crippen LogP contribution is 2.09. The fourth-order valence-corrected chi connectivity index (χ4v) is 1.27. The number of nitrogens with one attached hydrogen (secondary N) is 1. The SMILES string of the molecule is CC(NCCN(C)C)c1ccncc1. The van der Waals surface area contributed by atoms with Crippen LogP contribution in [-0.4, -0.2) is 37.1 Å². The molecule has 0 saturated carbocycles. The summed E-state index contributed by atoms with van der Waals surface area (Å²) >= 11 is 0. The molecule has 0 aromatic carbocycles. The van der Waals surface area contributed by atoms with Gasteiger partial charge < -0.3 is 10.2 Å². The summed E-state index contributed by atoms with van der Waals surface area (Å²) < 4.78 is 0. The highest BCUT2D eigenvalue weighted by atomic mass is 15.1. The topological polar surface area (TPSA) is 28.2 Å². The van der Waals surface area contributed by atoms with Gasteiger partial charge in [-0.3, -0.25) is 4.98 Å². The van der Waals surface area contributed by atoms with Crippen LogP contribution in [0.4, 0.5) is 0 Å². The van der Waals surface area contributed by atoms with Crippen molar-refractivity contribution in [1.29, 1.82) is 0 Å². The van der Waals surface area contributed by atoms with Crippen LogP contribution in [0.15, 0.2) is 24.5 Å². The van der Waals surface area contributed by atoms with Crippen molar-refractivity contribution in [3.63, 3.8) is 0 Å². The number of nitrogens with zero attached hydrogens (tertiary/aromatic N) is 2. The fourth-order valence-electron chi connectivity index (χ4n) is 1.27. The molecule has 0 aliphatic heterocycles. The summed E-state index contributed by atoms with van der Waals surface area (Å²) in [5, 5.41) is 3.46. The van der Waals surface area contributed by atoms with Crippen molar-refractivity contribution < 1.29 is 0 Å². The molecule has 0 amide bonds. The highest BCUT2D eigenvalue weighted by Gasteiger charge is 2.02. The molecular formula is C11H19N3. The minimum absolute atomic E-state index is 0.401. The Morgan fingerprint density at radius 3 is 2.57 bits per heavy atom. The van der Waals surface area contributed by atoms with Crippen molar-refractivity contribution in [2.75, 3.05) is 27.2 Å². The molecule has 0 saturated heterocycles. The van der Waals surface area contributed by atoms with Crippen LogP contribution < -0.4 is 5.32 Å². The first-order valence-corrected chi connectivity index (χ1v) is 4.98. The van der Waals surface area contributed by atoms with Gasteiger partial charge in [-0.1, -0.05) is 0 Å². The zero-order valence-corrected chi connectivity index (χ0v) is 9.20. The minimum atomic E-state index is 0.401. The van der Waals surface area contributed by atoms with E-state index in [1.54, 1.807) is 0 Å². The third-order valence-corrected chi connectivity index (χ3v) is 2.22. The van der Waals surface area contributed by atoms with Crippen molar-refractivity contribution in [1.82, 2.24) is 15.2 Å². The first kappa shape index (κ1) is 11.1. The van der Waals surface area contributed by atoms with E-state index in [-0.39, 0.29) is 0 Å². The third-order valence-electron chi connectivity index (χ3n) is 2.22. The number of likely N-dealkylation sites (N-methyl/N-ethyl adjacent to an activating group) is 1. The Kier molecular flexibility index (Phi) is 4.56. The third kappa shape index (κ3) is 3.85. The maximum Gasteiger partial charge on any atom is 0.0293 e. The lowest BCUT2D eigenvalue weighted by Crippen LogP contribution is -2.28. The normalized spacial score (nSPS) is 13.1. The van der Waals surface area contributed by atoms with Gasteiger partial charge in [0, 0.05) is 31.5 Å². The van der Waals surface area contributed by atoms with Gasteiger partial charge in [-0.15, -0.1) is 0 Å². The second-order valence-electron chi connectivity index (χ2n) is 3.76. The van der Waals surface area contributed by atoms with Gasteiger partial charge in [0.2, 0.25) is 0 Å². The lowest BCUT2D eigenvalue weighted by atomic mass is 10.1. The van der Waals surface area contributed by atoms with E-state index in [9.17, 15) is 0 Å². The van der Waals surface area contributed by atoms with Crippen LogP contribution in [-0.2, 0) is 0 Å². The van der Waals surface area contributed by atoms with E-state index >= 15 is 0 Å². The van der Waals surface area contributed by atoms with E-state index in [0.717, 1.165) is 13.1 Å². The fraction of sp³-hybridized carbons (Fsp3) is 0.545. The van der Waals surface area contributed by atoms with Crippen molar-refractivity contribution in [2.24, 2.45) is 0 Å². The Hall–Kier alpha value is -0.930. The van der Waals surface area contributed by atoms with Crippen molar-refractivity contribution >= 4 is 0 Å². The summed E-state index contributed by atoms with van der Waals surface area (Å²) in [4.78, 5) is 6.17. The van der Waals surface area contributed by atoms with Gasteiger partial charge in [0.25, 0.3) is 0 Å². The molecule has 3 heteroatoms. The molecule has 1 aromatic heterocycles. The van der Waals surface area contributed by atoms with E-state index in [1.807, 2.05) is 24.5 Å². The maximum atomic E-state index is 4.00. The van der Waals surface area contributed by atoms with Gasteiger partial charge in [0.05, 0.1) is 0 Å². The lowest BCUT2D eigenvalue weighted by Gasteiger charge is -2.16. The van der Waals surface area contributed by atoms with Gasteiger partial charge in [0.15, 0.2) is 0 Å². The van der Waals surface area contributed by atoms with Crippen molar-refractivity contribution in [3.8, 4) is 0 Å². The second kappa shape index (κ2) is 5.73. The molecule has 1 aromatic rings. The zero-order chi connectivity index (χ0) is 10.4. The molecule has 1 rings (SSSR count). The van der Waals surface area contributed by atoms with Crippen LogP contribution in [0.5, 0.6) is 0 Å².